The second-order valence-corrected chi connectivity index (χ2v) is 4.37. The van der Waals surface area contributed by atoms with Crippen LogP contribution >= 0.6 is 11.6 Å². The van der Waals surface area contributed by atoms with Crippen LogP contribution in [0.4, 0.5) is 21.6 Å². The summed E-state index contributed by atoms with van der Waals surface area (Å²) < 4.78 is 12.9. The zero-order valence-corrected chi connectivity index (χ0v) is 11.1. The second-order valence-electron chi connectivity index (χ2n) is 3.96. The van der Waals surface area contributed by atoms with Crippen molar-refractivity contribution < 1.29 is 14.1 Å². The number of nitrogens with one attached hydrogen (secondary N) is 1. The molecule has 0 saturated heterocycles. The van der Waals surface area contributed by atoms with Crippen LogP contribution in [0.5, 0.6) is 0 Å². The van der Waals surface area contributed by atoms with E-state index >= 15 is 0 Å². The molecule has 1 heterocycles. The minimum absolute atomic E-state index is 0.0342. The smallest absolute Gasteiger partial charge is 0.300 e. The van der Waals surface area contributed by atoms with Crippen LogP contribution < -0.4 is 11.1 Å². The average Bonchev–Trinajstić information content (AvgIpc) is 2.41. The number of rotatable bonds is 3. The van der Waals surface area contributed by atoms with Gasteiger partial charge in [0.15, 0.2) is 0 Å². The molecule has 21 heavy (non-hydrogen) atoms. The van der Waals surface area contributed by atoms with E-state index in [2.05, 4.69) is 10.3 Å². The van der Waals surface area contributed by atoms with Crippen LogP contribution in [0.15, 0.2) is 30.5 Å². The maximum absolute atomic E-state index is 12.9. The Morgan fingerprint density at radius 1 is 1.43 bits per heavy atom. The van der Waals surface area contributed by atoms with Crippen LogP contribution in [0.25, 0.3) is 0 Å². The largest absolute Gasteiger partial charge is 0.384 e. The highest BCUT2D eigenvalue weighted by molar-refractivity contribution is 6.34. The van der Waals surface area contributed by atoms with E-state index in [1.165, 1.54) is 6.07 Å². The Bertz CT molecular complexity index is 738. The predicted molar refractivity (Wildman–Crippen MR) is 74.7 cm³/mol. The normalized spacial score (nSPS) is 10.2. The minimum Gasteiger partial charge on any atom is -0.384 e. The van der Waals surface area contributed by atoms with Crippen LogP contribution in [-0.4, -0.2) is 15.8 Å². The monoisotopic (exact) mass is 310 g/mol. The standard InChI is InChI=1S/C12H8ClFN4O3/c13-8-3-6(14)1-2-9(8)17-12(19)7-4-11(15)16-5-10(7)18(20)21/h1-5H,(H2,15,16)(H,17,19). The zero-order chi connectivity index (χ0) is 15.6. The first kappa shape index (κ1) is 14.7. The molecule has 0 aliphatic heterocycles. The van der Waals surface area contributed by atoms with Gasteiger partial charge in [-0.1, -0.05) is 11.6 Å². The lowest BCUT2D eigenvalue weighted by Gasteiger charge is -2.08. The number of benzene rings is 1. The molecule has 0 saturated carbocycles. The van der Waals surface area contributed by atoms with Crippen LogP contribution in [-0.2, 0) is 0 Å². The minimum atomic E-state index is -0.802. The Morgan fingerprint density at radius 2 is 2.14 bits per heavy atom. The van der Waals surface area contributed by atoms with Crippen molar-refractivity contribution in [3.05, 3.63) is 57.0 Å². The molecular weight excluding hydrogens is 303 g/mol. The molecule has 0 aliphatic rings. The molecule has 0 aliphatic carbocycles. The fourth-order valence-electron chi connectivity index (χ4n) is 1.57. The van der Waals surface area contributed by atoms with E-state index in [1.54, 1.807) is 0 Å². The molecule has 3 N–H and O–H groups in total. The summed E-state index contributed by atoms with van der Waals surface area (Å²) in [5.41, 5.74) is 4.77. The molecule has 9 heteroatoms. The highest BCUT2D eigenvalue weighted by Crippen LogP contribution is 2.25. The van der Waals surface area contributed by atoms with Crippen LogP contribution in [0.2, 0.25) is 5.02 Å². The van der Waals surface area contributed by atoms with Gasteiger partial charge in [0.2, 0.25) is 0 Å². The number of hydrogen-bond donors (Lipinski definition) is 2. The molecule has 2 aromatic rings. The SMILES string of the molecule is Nc1cc(C(=O)Nc2ccc(F)cc2Cl)c([N+](=O)[O-])cn1. The molecule has 0 fully saturated rings. The van der Waals surface area contributed by atoms with Crippen molar-refractivity contribution in [2.75, 3.05) is 11.1 Å². The van der Waals surface area contributed by atoms with E-state index in [9.17, 15) is 19.3 Å². The molecule has 0 radical (unpaired) electrons. The summed E-state index contributed by atoms with van der Waals surface area (Å²) >= 11 is 5.77. The maximum atomic E-state index is 12.9. The van der Waals surface area contributed by atoms with Crippen molar-refractivity contribution in [1.29, 1.82) is 0 Å². The van der Waals surface area contributed by atoms with Crippen molar-refractivity contribution in [2.45, 2.75) is 0 Å². The number of halogens is 2. The number of carbonyl (C=O) groups excluding carboxylic acids is 1. The molecule has 1 amide bonds. The average molecular weight is 311 g/mol. The molecule has 2 rings (SSSR count). The molecule has 1 aromatic heterocycles. The first-order valence-corrected chi connectivity index (χ1v) is 5.92. The number of anilines is 2. The number of amides is 1. The Hall–Kier alpha value is -2.74. The first-order chi connectivity index (χ1) is 9.88. The fourth-order valence-corrected chi connectivity index (χ4v) is 1.79. The van der Waals surface area contributed by atoms with Gasteiger partial charge >= 0.3 is 0 Å². The van der Waals surface area contributed by atoms with Gasteiger partial charge in [0, 0.05) is 0 Å². The van der Waals surface area contributed by atoms with Gasteiger partial charge in [0.05, 0.1) is 15.6 Å². The Kier molecular flexibility index (Phi) is 3.99. The van der Waals surface area contributed by atoms with Gasteiger partial charge in [0.1, 0.15) is 23.4 Å². The van der Waals surface area contributed by atoms with E-state index in [-0.39, 0.29) is 22.1 Å². The molecule has 0 atom stereocenters. The second kappa shape index (κ2) is 5.71. The summed E-state index contributed by atoms with van der Waals surface area (Å²) in [6.45, 7) is 0. The van der Waals surface area contributed by atoms with E-state index in [0.717, 1.165) is 24.4 Å². The van der Waals surface area contributed by atoms with Gasteiger partial charge < -0.3 is 11.1 Å². The molecule has 0 unspecified atom stereocenters. The Balaban J connectivity index is 2.36. The highest BCUT2D eigenvalue weighted by Gasteiger charge is 2.22. The van der Waals surface area contributed by atoms with Crippen molar-refractivity contribution >= 4 is 34.7 Å². The third-order valence-electron chi connectivity index (χ3n) is 2.52. The van der Waals surface area contributed by atoms with Gasteiger partial charge in [-0.3, -0.25) is 14.9 Å². The molecule has 0 spiro atoms. The fraction of sp³-hybridized carbons (Fsp3) is 0. The Labute approximate surface area is 122 Å². The summed E-state index contributed by atoms with van der Waals surface area (Å²) in [5, 5.41) is 13.2. The van der Waals surface area contributed by atoms with Crippen molar-refractivity contribution in [2.24, 2.45) is 0 Å². The highest BCUT2D eigenvalue weighted by atomic mass is 35.5. The van der Waals surface area contributed by atoms with Crippen LogP contribution in [0, 0.1) is 15.9 Å². The van der Waals surface area contributed by atoms with Crippen LogP contribution in [0.1, 0.15) is 10.4 Å². The van der Waals surface area contributed by atoms with E-state index in [0.29, 0.717) is 0 Å². The molecule has 0 bridgehead atoms. The summed E-state index contributed by atoms with van der Waals surface area (Å²) in [5.74, 6) is -1.42. The summed E-state index contributed by atoms with van der Waals surface area (Å²) in [6, 6.07) is 4.42. The van der Waals surface area contributed by atoms with E-state index < -0.39 is 22.3 Å². The molecule has 7 nitrogen and oxygen atoms in total. The topological polar surface area (TPSA) is 111 Å². The number of pyridine rings is 1. The summed E-state index contributed by atoms with van der Waals surface area (Å²) in [6.07, 6.45) is 0.885. The van der Waals surface area contributed by atoms with Gasteiger partial charge in [-0.15, -0.1) is 0 Å². The van der Waals surface area contributed by atoms with E-state index in [4.69, 9.17) is 17.3 Å². The number of carbonyl (C=O) groups is 1. The quantitative estimate of drug-likeness (QED) is 0.668. The van der Waals surface area contributed by atoms with Crippen molar-refractivity contribution in [3.63, 3.8) is 0 Å². The van der Waals surface area contributed by atoms with Crippen molar-refractivity contribution in [3.8, 4) is 0 Å². The molecule has 1 aromatic carbocycles. The van der Waals surface area contributed by atoms with Gasteiger partial charge in [-0.05, 0) is 24.3 Å². The number of nitro groups is 1. The number of nitrogen functional groups attached to an aromatic ring is 1. The number of aromatic nitrogens is 1. The lowest BCUT2D eigenvalue weighted by Crippen LogP contribution is -2.15. The van der Waals surface area contributed by atoms with Gasteiger partial charge in [0.25, 0.3) is 11.6 Å². The number of nitrogens with two attached hydrogens (primary N) is 1. The number of hydrogen-bond acceptors (Lipinski definition) is 5. The third kappa shape index (κ3) is 3.23. The molecule has 108 valence electrons. The van der Waals surface area contributed by atoms with Gasteiger partial charge in [-0.25, -0.2) is 9.37 Å². The van der Waals surface area contributed by atoms with Crippen molar-refractivity contribution in [1.82, 2.24) is 4.98 Å². The maximum Gasteiger partial charge on any atom is 0.300 e. The zero-order valence-electron chi connectivity index (χ0n) is 10.3. The van der Waals surface area contributed by atoms with Crippen LogP contribution in [0.3, 0.4) is 0 Å². The lowest BCUT2D eigenvalue weighted by atomic mass is 10.2. The summed E-state index contributed by atoms with van der Waals surface area (Å²) in [4.78, 5) is 25.8. The van der Waals surface area contributed by atoms with E-state index in [1.807, 2.05) is 0 Å². The summed E-state index contributed by atoms with van der Waals surface area (Å²) in [7, 11) is 0. The van der Waals surface area contributed by atoms with Gasteiger partial charge in [-0.2, -0.15) is 0 Å². The number of nitrogens with zero attached hydrogens (tertiary/aromatic N) is 2. The molecular formula is C12H8ClFN4O3. The predicted octanol–water partition coefficient (Wildman–Crippen LogP) is 2.62. The third-order valence-corrected chi connectivity index (χ3v) is 2.84. The Morgan fingerprint density at radius 3 is 2.76 bits per heavy atom. The first-order valence-electron chi connectivity index (χ1n) is 5.55. The lowest BCUT2D eigenvalue weighted by molar-refractivity contribution is -0.385.